The molecule has 64 valence electrons. The van der Waals surface area contributed by atoms with Crippen molar-refractivity contribution in [3.8, 4) is 0 Å². The van der Waals surface area contributed by atoms with Crippen molar-refractivity contribution in [1.29, 1.82) is 0 Å². The van der Waals surface area contributed by atoms with E-state index in [2.05, 4.69) is 10.6 Å². The fourth-order valence-corrected chi connectivity index (χ4v) is 2.31. The summed E-state index contributed by atoms with van der Waals surface area (Å²) >= 11 is 0. The number of nitrogens with one attached hydrogen (secondary N) is 2. The average Bonchev–Trinajstić information content (AvgIpc) is 2.28. The number of fused-ring (bicyclic) bond motifs is 1. The van der Waals surface area contributed by atoms with E-state index in [9.17, 15) is 0 Å². The smallest absolute Gasteiger partial charge is 0.0119 e. The predicted octanol–water partition coefficient (Wildman–Crippen LogP) is 0.738. The molecule has 2 heterocycles. The van der Waals surface area contributed by atoms with Crippen LogP contribution in [0.5, 0.6) is 0 Å². The summed E-state index contributed by atoms with van der Waals surface area (Å²) in [7, 11) is 0. The fraction of sp³-hybridized carbons (Fsp3) is 1.00. The minimum Gasteiger partial charge on any atom is -0.316 e. The highest BCUT2D eigenvalue weighted by Gasteiger charge is 2.25. The van der Waals surface area contributed by atoms with Crippen molar-refractivity contribution in [2.45, 2.75) is 31.7 Å². The van der Waals surface area contributed by atoms with Gasteiger partial charge >= 0.3 is 0 Å². The SMILES string of the molecule is C1CC[C@H]2CNCC[C@@H]2NC1. The Morgan fingerprint density at radius 2 is 2.00 bits per heavy atom. The Kier molecular flexibility index (Phi) is 2.44. The van der Waals surface area contributed by atoms with Crippen molar-refractivity contribution in [2.24, 2.45) is 5.92 Å². The largest absolute Gasteiger partial charge is 0.316 e. The lowest BCUT2D eigenvalue weighted by Gasteiger charge is -2.30. The molecule has 2 atom stereocenters. The predicted molar refractivity (Wildman–Crippen MR) is 46.6 cm³/mol. The van der Waals surface area contributed by atoms with Crippen LogP contribution in [0.1, 0.15) is 25.7 Å². The van der Waals surface area contributed by atoms with E-state index in [1.807, 2.05) is 0 Å². The van der Waals surface area contributed by atoms with Gasteiger partial charge in [0.25, 0.3) is 0 Å². The van der Waals surface area contributed by atoms with Crippen LogP contribution in [0.25, 0.3) is 0 Å². The molecule has 2 saturated heterocycles. The van der Waals surface area contributed by atoms with Gasteiger partial charge in [0.05, 0.1) is 0 Å². The molecule has 2 fully saturated rings. The van der Waals surface area contributed by atoms with Crippen LogP contribution in [0.4, 0.5) is 0 Å². The standard InChI is InChI=1S/C9H18N2/c1-2-5-11-9-4-6-10-7-8(9)3-1/h8-11H,1-7H2/t8-,9-/m0/s1. The minimum atomic E-state index is 0.832. The van der Waals surface area contributed by atoms with Crippen molar-refractivity contribution in [2.75, 3.05) is 19.6 Å². The van der Waals surface area contributed by atoms with Gasteiger partial charge in [-0.3, -0.25) is 0 Å². The maximum Gasteiger partial charge on any atom is 0.0119 e. The van der Waals surface area contributed by atoms with Crippen molar-refractivity contribution >= 4 is 0 Å². The first-order chi connectivity index (χ1) is 5.47. The molecule has 2 aliphatic rings. The van der Waals surface area contributed by atoms with Gasteiger partial charge in [0, 0.05) is 6.04 Å². The zero-order valence-corrected chi connectivity index (χ0v) is 7.10. The van der Waals surface area contributed by atoms with Gasteiger partial charge in [-0.2, -0.15) is 0 Å². The summed E-state index contributed by atoms with van der Waals surface area (Å²) in [6.45, 7) is 3.72. The zero-order valence-electron chi connectivity index (χ0n) is 7.10. The van der Waals surface area contributed by atoms with Crippen LogP contribution in [0.15, 0.2) is 0 Å². The molecule has 0 saturated carbocycles. The van der Waals surface area contributed by atoms with E-state index in [-0.39, 0.29) is 0 Å². The van der Waals surface area contributed by atoms with Gasteiger partial charge in [0.2, 0.25) is 0 Å². The highest BCUT2D eigenvalue weighted by molar-refractivity contribution is 4.84. The van der Waals surface area contributed by atoms with Crippen molar-refractivity contribution < 1.29 is 0 Å². The molecule has 0 aromatic rings. The zero-order chi connectivity index (χ0) is 7.52. The molecular weight excluding hydrogens is 136 g/mol. The summed E-state index contributed by atoms with van der Waals surface area (Å²) in [5, 5.41) is 7.12. The molecule has 2 nitrogen and oxygen atoms in total. The summed E-state index contributed by atoms with van der Waals surface area (Å²) in [4.78, 5) is 0. The molecule has 0 bridgehead atoms. The van der Waals surface area contributed by atoms with Crippen molar-refractivity contribution in [3.05, 3.63) is 0 Å². The third kappa shape index (κ3) is 1.74. The second-order valence-electron chi connectivity index (χ2n) is 3.81. The Morgan fingerprint density at radius 3 is 3.00 bits per heavy atom. The summed E-state index contributed by atoms with van der Waals surface area (Å²) in [5.41, 5.74) is 0. The van der Waals surface area contributed by atoms with E-state index in [1.54, 1.807) is 0 Å². The summed E-state index contributed by atoms with van der Waals surface area (Å²) in [5.74, 6) is 0.922. The molecule has 0 amide bonds. The van der Waals surface area contributed by atoms with Crippen LogP contribution in [-0.2, 0) is 0 Å². The first-order valence-corrected chi connectivity index (χ1v) is 4.91. The quantitative estimate of drug-likeness (QED) is 0.538. The van der Waals surface area contributed by atoms with Gasteiger partial charge < -0.3 is 10.6 Å². The normalized spacial score (nSPS) is 39.3. The summed E-state index contributed by atoms with van der Waals surface area (Å²) in [6, 6.07) is 0.832. The lowest BCUT2D eigenvalue weighted by Crippen LogP contribution is -2.46. The molecule has 2 N–H and O–H groups in total. The number of piperidine rings is 1. The van der Waals surface area contributed by atoms with E-state index >= 15 is 0 Å². The number of rotatable bonds is 0. The molecule has 2 heteroatoms. The van der Waals surface area contributed by atoms with E-state index < -0.39 is 0 Å². The van der Waals surface area contributed by atoms with Crippen molar-refractivity contribution in [1.82, 2.24) is 10.6 Å². The summed E-state index contributed by atoms with van der Waals surface area (Å²) in [6.07, 6.45) is 5.58. The highest BCUT2D eigenvalue weighted by atomic mass is 15.0. The third-order valence-corrected chi connectivity index (χ3v) is 3.02. The Morgan fingerprint density at radius 1 is 1.00 bits per heavy atom. The maximum atomic E-state index is 3.64. The monoisotopic (exact) mass is 154 g/mol. The molecule has 0 unspecified atom stereocenters. The van der Waals surface area contributed by atoms with Crippen LogP contribution in [0.2, 0.25) is 0 Å². The lowest BCUT2D eigenvalue weighted by molar-refractivity contribution is 0.284. The molecule has 0 aliphatic carbocycles. The van der Waals surface area contributed by atoms with Crippen LogP contribution in [0.3, 0.4) is 0 Å². The first kappa shape index (κ1) is 7.56. The van der Waals surface area contributed by atoms with Gasteiger partial charge in [0.1, 0.15) is 0 Å². The van der Waals surface area contributed by atoms with E-state index in [0.29, 0.717) is 0 Å². The molecule has 0 aromatic heterocycles. The molecule has 2 rings (SSSR count). The molecule has 0 spiro atoms. The molecule has 0 aromatic carbocycles. The second kappa shape index (κ2) is 3.55. The number of hydrogen-bond donors (Lipinski definition) is 2. The summed E-state index contributed by atoms with van der Waals surface area (Å²) < 4.78 is 0. The van der Waals surface area contributed by atoms with Gasteiger partial charge in [-0.25, -0.2) is 0 Å². The van der Waals surface area contributed by atoms with Gasteiger partial charge in [-0.15, -0.1) is 0 Å². The van der Waals surface area contributed by atoms with Gasteiger partial charge in [-0.1, -0.05) is 6.42 Å². The Hall–Kier alpha value is -0.0800. The fourth-order valence-electron chi connectivity index (χ4n) is 2.31. The Balaban J connectivity index is 1.93. The van der Waals surface area contributed by atoms with Gasteiger partial charge in [-0.05, 0) is 44.8 Å². The van der Waals surface area contributed by atoms with E-state index in [0.717, 1.165) is 12.0 Å². The van der Waals surface area contributed by atoms with Crippen LogP contribution in [0, 0.1) is 5.92 Å². The second-order valence-corrected chi connectivity index (χ2v) is 3.81. The molecular formula is C9H18N2. The first-order valence-electron chi connectivity index (χ1n) is 4.91. The molecule has 0 radical (unpaired) electrons. The average molecular weight is 154 g/mol. The lowest BCUT2D eigenvalue weighted by atomic mass is 9.90. The van der Waals surface area contributed by atoms with Crippen LogP contribution < -0.4 is 10.6 Å². The van der Waals surface area contributed by atoms with Crippen LogP contribution >= 0.6 is 0 Å². The van der Waals surface area contributed by atoms with Crippen LogP contribution in [-0.4, -0.2) is 25.7 Å². The van der Waals surface area contributed by atoms with Gasteiger partial charge in [0.15, 0.2) is 0 Å². The number of hydrogen-bond acceptors (Lipinski definition) is 2. The maximum absolute atomic E-state index is 3.64. The van der Waals surface area contributed by atoms with E-state index in [4.69, 9.17) is 0 Å². The van der Waals surface area contributed by atoms with Crippen molar-refractivity contribution in [3.63, 3.8) is 0 Å². The van der Waals surface area contributed by atoms with E-state index in [1.165, 1.54) is 45.3 Å². The molecule has 2 aliphatic heterocycles. The highest BCUT2D eigenvalue weighted by Crippen LogP contribution is 2.20. The topological polar surface area (TPSA) is 24.1 Å². The third-order valence-electron chi connectivity index (χ3n) is 3.02. The minimum absolute atomic E-state index is 0.832. The molecule has 11 heavy (non-hydrogen) atoms. The Bertz CT molecular complexity index is 111. The Labute approximate surface area is 68.7 Å².